The number of nitro groups is 1. The lowest BCUT2D eigenvalue weighted by molar-refractivity contribution is -0.385. The highest BCUT2D eigenvalue weighted by atomic mass is 35.5. The van der Waals surface area contributed by atoms with Crippen LogP contribution in [0.15, 0.2) is 41.3 Å². The van der Waals surface area contributed by atoms with Gasteiger partial charge in [0.15, 0.2) is 0 Å². The van der Waals surface area contributed by atoms with E-state index in [9.17, 15) is 18.5 Å². The van der Waals surface area contributed by atoms with E-state index in [1.165, 1.54) is 7.11 Å². The number of sulfonamides is 1. The number of hydrogen-bond donors (Lipinski definition) is 1. The number of hydrogen-bond acceptors (Lipinski definition) is 5. The summed E-state index contributed by atoms with van der Waals surface area (Å²) in [5, 5.41) is 11.2. The Balaban J connectivity index is 2.47. The van der Waals surface area contributed by atoms with E-state index < -0.39 is 14.9 Å². The summed E-state index contributed by atoms with van der Waals surface area (Å²) in [7, 11) is -2.76. The number of ether oxygens (including phenoxy) is 1. The molecule has 0 saturated carbocycles. The molecule has 0 amide bonds. The van der Waals surface area contributed by atoms with E-state index in [4.69, 9.17) is 16.3 Å². The molecule has 0 spiro atoms. The second kappa shape index (κ2) is 6.43. The first-order valence-electron chi connectivity index (χ1n) is 6.36. The summed E-state index contributed by atoms with van der Waals surface area (Å²) in [5.41, 5.74) is 0.622. The third kappa shape index (κ3) is 3.54. The highest BCUT2D eigenvalue weighted by molar-refractivity contribution is 7.92. The smallest absolute Gasteiger partial charge is 0.273 e. The van der Waals surface area contributed by atoms with E-state index in [2.05, 4.69) is 4.72 Å². The van der Waals surface area contributed by atoms with E-state index in [0.717, 1.165) is 18.2 Å². The molecule has 2 rings (SSSR count). The molecule has 0 aliphatic carbocycles. The van der Waals surface area contributed by atoms with Crippen molar-refractivity contribution in [2.45, 2.75) is 11.8 Å². The molecule has 0 radical (unpaired) electrons. The van der Waals surface area contributed by atoms with Gasteiger partial charge in [0.1, 0.15) is 10.6 Å². The Labute approximate surface area is 138 Å². The summed E-state index contributed by atoms with van der Waals surface area (Å²) in [6.45, 7) is 1.67. The lowest BCUT2D eigenvalue weighted by atomic mass is 10.2. The Morgan fingerprint density at radius 2 is 1.96 bits per heavy atom. The summed E-state index contributed by atoms with van der Waals surface area (Å²) in [5.74, 6) is -0.119. The van der Waals surface area contributed by atoms with Crippen molar-refractivity contribution in [3.8, 4) is 5.75 Å². The molecule has 0 fully saturated rings. The average Bonchev–Trinajstić information content (AvgIpc) is 2.51. The zero-order valence-corrected chi connectivity index (χ0v) is 13.8. The van der Waals surface area contributed by atoms with Crippen LogP contribution in [-0.2, 0) is 10.0 Å². The lowest BCUT2D eigenvalue weighted by Crippen LogP contribution is -2.15. The Morgan fingerprint density at radius 1 is 1.26 bits per heavy atom. The van der Waals surface area contributed by atoms with E-state index in [0.29, 0.717) is 16.3 Å². The van der Waals surface area contributed by atoms with Gasteiger partial charge >= 0.3 is 0 Å². The SMILES string of the molecule is COc1cc([N+](=O)[O-])ccc1S(=O)(=O)Nc1cccc(Cl)c1C. The van der Waals surface area contributed by atoms with Gasteiger partial charge in [0.25, 0.3) is 15.7 Å². The molecule has 0 aliphatic rings. The first-order chi connectivity index (χ1) is 10.8. The number of methoxy groups -OCH3 is 1. The van der Waals surface area contributed by atoms with Crippen LogP contribution in [0, 0.1) is 17.0 Å². The number of halogens is 1. The first kappa shape index (κ1) is 17.0. The minimum Gasteiger partial charge on any atom is -0.495 e. The molecule has 1 N–H and O–H groups in total. The summed E-state index contributed by atoms with van der Waals surface area (Å²) < 4.78 is 32.4. The minimum atomic E-state index is -3.99. The van der Waals surface area contributed by atoms with Crippen molar-refractivity contribution in [1.82, 2.24) is 0 Å². The fourth-order valence-corrected chi connectivity index (χ4v) is 3.36. The molecule has 2 aromatic rings. The van der Waals surface area contributed by atoms with Crippen molar-refractivity contribution in [3.05, 3.63) is 57.1 Å². The van der Waals surface area contributed by atoms with Crippen LogP contribution in [0.1, 0.15) is 5.56 Å². The van der Waals surface area contributed by atoms with Crippen molar-refractivity contribution in [3.63, 3.8) is 0 Å². The maximum absolute atomic E-state index is 12.5. The van der Waals surface area contributed by atoms with Gasteiger partial charge in [0, 0.05) is 11.1 Å². The molecule has 7 nitrogen and oxygen atoms in total. The van der Waals surface area contributed by atoms with Gasteiger partial charge < -0.3 is 4.74 Å². The molecule has 2 aromatic carbocycles. The third-order valence-electron chi connectivity index (χ3n) is 3.16. The van der Waals surface area contributed by atoms with Gasteiger partial charge in [-0.1, -0.05) is 17.7 Å². The highest BCUT2D eigenvalue weighted by Crippen LogP contribution is 2.31. The largest absolute Gasteiger partial charge is 0.495 e. The van der Waals surface area contributed by atoms with E-state index in [1.807, 2.05) is 0 Å². The van der Waals surface area contributed by atoms with Crippen LogP contribution < -0.4 is 9.46 Å². The van der Waals surface area contributed by atoms with Crippen LogP contribution in [0.4, 0.5) is 11.4 Å². The Morgan fingerprint density at radius 3 is 2.57 bits per heavy atom. The average molecular weight is 357 g/mol. The number of nitrogens with one attached hydrogen (secondary N) is 1. The van der Waals surface area contributed by atoms with Gasteiger partial charge in [0.2, 0.25) is 0 Å². The first-order valence-corrected chi connectivity index (χ1v) is 8.22. The molecule has 0 atom stereocenters. The number of nitrogens with zero attached hydrogens (tertiary/aromatic N) is 1. The summed E-state index contributed by atoms with van der Waals surface area (Å²) >= 11 is 5.97. The van der Waals surface area contributed by atoms with Crippen molar-refractivity contribution < 1.29 is 18.1 Å². The molecule has 122 valence electrons. The van der Waals surface area contributed by atoms with Gasteiger partial charge in [-0.25, -0.2) is 8.42 Å². The second-order valence-electron chi connectivity index (χ2n) is 4.61. The fourth-order valence-electron chi connectivity index (χ4n) is 1.91. The van der Waals surface area contributed by atoms with Crippen LogP contribution in [0.2, 0.25) is 5.02 Å². The van der Waals surface area contributed by atoms with Crippen molar-refractivity contribution >= 4 is 33.0 Å². The van der Waals surface area contributed by atoms with Crippen LogP contribution in [-0.4, -0.2) is 20.5 Å². The fraction of sp³-hybridized carbons (Fsp3) is 0.143. The molecular formula is C14H13ClN2O5S. The van der Waals surface area contributed by atoms with Gasteiger partial charge in [-0.15, -0.1) is 0 Å². The predicted octanol–water partition coefficient (Wildman–Crippen LogP) is 3.37. The standard InChI is InChI=1S/C14H13ClN2O5S/c1-9-11(15)4-3-5-12(9)16-23(20,21)14-7-6-10(17(18)19)8-13(14)22-2/h3-8,16H,1-2H3. The summed E-state index contributed by atoms with van der Waals surface area (Å²) in [6, 6.07) is 8.10. The Bertz CT molecular complexity index is 867. The molecule has 0 heterocycles. The Kier molecular flexibility index (Phi) is 4.76. The predicted molar refractivity (Wildman–Crippen MR) is 86.6 cm³/mol. The van der Waals surface area contributed by atoms with Gasteiger partial charge in [-0.2, -0.15) is 0 Å². The van der Waals surface area contributed by atoms with Crippen molar-refractivity contribution in [2.75, 3.05) is 11.8 Å². The second-order valence-corrected chi connectivity index (χ2v) is 6.67. The van der Waals surface area contributed by atoms with E-state index in [1.54, 1.807) is 25.1 Å². The summed E-state index contributed by atoms with van der Waals surface area (Å²) in [4.78, 5) is 9.94. The molecule has 0 unspecified atom stereocenters. The topological polar surface area (TPSA) is 98.5 Å². The monoisotopic (exact) mass is 356 g/mol. The molecule has 9 heteroatoms. The maximum Gasteiger partial charge on any atom is 0.273 e. The van der Waals surface area contributed by atoms with Crippen LogP contribution in [0.5, 0.6) is 5.75 Å². The quantitative estimate of drug-likeness (QED) is 0.654. The van der Waals surface area contributed by atoms with Crippen LogP contribution >= 0.6 is 11.6 Å². The lowest BCUT2D eigenvalue weighted by Gasteiger charge is -2.13. The number of benzene rings is 2. The van der Waals surface area contributed by atoms with E-state index in [-0.39, 0.29) is 16.3 Å². The van der Waals surface area contributed by atoms with E-state index >= 15 is 0 Å². The normalized spacial score (nSPS) is 11.1. The molecular weight excluding hydrogens is 344 g/mol. The molecule has 0 aromatic heterocycles. The zero-order valence-electron chi connectivity index (χ0n) is 12.2. The maximum atomic E-state index is 12.5. The molecule has 0 bridgehead atoms. The number of rotatable bonds is 5. The number of anilines is 1. The van der Waals surface area contributed by atoms with Gasteiger partial charge in [-0.05, 0) is 30.7 Å². The number of non-ortho nitro benzene ring substituents is 1. The minimum absolute atomic E-state index is 0.119. The van der Waals surface area contributed by atoms with Crippen LogP contribution in [0.25, 0.3) is 0 Å². The van der Waals surface area contributed by atoms with Crippen molar-refractivity contribution in [1.29, 1.82) is 0 Å². The van der Waals surface area contributed by atoms with Crippen LogP contribution in [0.3, 0.4) is 0 Å². The van der Waals surface area contributed by atoms with Gasteiger partial charge in [-0.3, -0.25) is 14.8 Å². The third-order valence-corrected chi connectivity index (χ3v) is 4.97. The van der Waals surface area contributed by atoms with Gasteiger partial charge in [0.05, 0.1) is 23.8 Å². The summed E-state index contributed by atoms with van der Waals surface area (Å²) in [6.07, 6.45) is 0. The zero-order chi connectivity index (χ0) is 17.2. The number of nitro benzene ring substituents is 1. The molecule has 0 saturated heterocycles. The molecule has 0 aliphatic heterocycles. The van der Waals surface area contributed by atoms with Crippen molar-refractivity contribution in [2.24, 2.45) is 0 Å². The molecule has 23 heavy (non-hydrogen) atoms. The Hall–Kier alpha value is -2.32. The highest BCUT2D eigenvalue weighted by Gasteiger charge is 2.23.